The third-order valence-corrected chi connectivity index (χ3v) is 4.31. The Labute approximate surface area is 112 Å². The zero-order valence-corrected chi connectivity index (χ0v) is 12.5. The summed E-state index contributed by atoms with van der Waals surface area (Å²) in [7, 11) is 0. The topological polar surface area (TPSA) is 15.3 Å². The normalized spacial score (nSPS) is 17.1. The summed E-state index contributed by atoms with van der Waals surface area (Å²) in [6.07, 6.45) is 10.6. The molecular weight excluding hydrogens is 228 g/mol. The molecule has 0 spiro atoms. The van der Waals surface area contributed by atoms with Gasteiger partial charge in [-0.25, -0.2) is 0 Å². The van der Waals surface area contributed by atoms with Crippen LogP contribution in [0.15, 0.2) is 0 Å². The predicted molar refractivity (Wildman–Crippen MR) is 80.0 cm³/mol. The van der Waals surface area contributed by atoms with E-state index in [0.29, 0.717) is 0 Å². The van der Waals surface area contributed by atoms with Gasteiger partial charge in [0.1, 0.15) is 0 Å². The molecule has 0 amide bonds. The molecule has 0 atom stereocenters. The average molecular weight is 258 g/mol. The maximum absolute atomic E-state index is 3.55. The number of rotatable bonds is 10. The molecule has 0 aliphatic heterocycles. The Morgan fingerprint density at radius 1 is 1.18 bits per heavy atom. The van der Waals surface area contributed by atoms with Crippen molar-refractivity contribution in [3.63, 3.8) is 0 Å². The minimum absolute atomic E-state index is 0.893. The summed E-state index contributed by atoms with van der Waals surface area (Å²) in [5.41, 5.74) is 0. The Balaban J connectivity index is 2.15. The first-order valence-electron chi connectivity index (χ1n) is 7.32. The Morgan fingerprint density at radius 2 is 1.94 bits per heavy atom. The predicted octanol–water partition coefficient (Wildman–Crippen LogP) is 2.98. The van der Waals surface area contributed by atoms with Gasteiger partial charge in [0.15, 0.2) is 0 Å². The van der Waals surface area contributed by atoms with E-state index in [9.17, 15) is 0 Å². The number of nitrogens with one attached hydrogen (secondary N) is 1. The molecule has 0 aromatic carbocycles. The van der Waals surface area contributed by atoms with Gasteiger partial charge >= 0.3 is 0 Å². The first kappa shape index (κ1) is 15.3. The molecule has 1 fully saturated rings. The molecule has 1 rings (SSSR count). The fraction of sp³-hybridized carbons (Fsp3) is 1.00. The van der Waals surface area contributed by atoms with Crippen LogP contribution in [-0.2, 0) is 0 Å². The Hall–Kier alpha value is 0.270. The van der Waals surface area contributed by atoms with Crippen LogP contribution in [0.25, 0.3) is 0 Å². The second-order valence-corrected chi connectivity index (χ2v) is 6.06. The molecule has 2 nitrogen and oxygen atoms in total. The number of nitrogens with zero attached hydrogens (tertiary/aromatic N) is 1. The van der Waals surface area contributed by atoms with E-state index in [2.05, 4.69) is 23.4 Å². The summed E-state index contributed by atoms with van der Waals surface area (Å²) in [4.78, 5) is 2.74. The fourth-order valence-corrected chi connectivity index (χ4v) is 2.98. The van der Waals surface area contributed by atoms with Gasteiger partial charge in [0, 0.05) is 31.4 Å². The highest BCUT2D eigenvalue weighted by molar-refractivity contribution is 7.98. The van der Waals surface area contributed by atoms with E-state index >= 15 is 0 Å². The van der Waals surface area contributed by atoms with Crippen molar-refractivity contribution in [3.8, 4) is 0 Å². The summed E-state index contributed by atoms with van der Waals surface area (Å²) in [5.74, 6) is 1.23. The molecule has 0 aromatic rings. The van der Waals surface area contributed by atoms with Gasteiger partial charge in [-0.15, -0.1) is 0 Å². The van der Waals surface area contributed by atoms with Crippen LogP contribution in [0.4, 0.5) is 0 Å². The van der Waals surface area contributed by atoms with Gasteiger partial charge < -0.3 is 5.32 Å². The van der Waals surface area contributed by atoms with Crippen molar-refractivity contribution in [1.82, 2.24) is 10.2 Å². The largest absolute Gasteiger partial charge is 0.315 e. The molecule has 0 bridgehead atoms. The monoisotopic (exact) mass is 258 g/mol. The van der Waals surface area contributed by atoms with E-state index in [1.807, 2.05) is 11.8 Å². The van der Waals surface area contributed by atoms with Crippen LogP contribution >= 0.6 is 11.8 Å². The van der Waals surface area contributed by atoms with Crippen molar-refractivity contribution in [2.45, 2.75) is 51.5 Å². The first-order valence-corrected chi connectivity index (χ1v) is 8.71. The van der Waals surface area contributed by atoms with Crippen LogP contribution in [0.1, 0.15) is 45.4 Å². The van der Waals surface area contributed by atoms with Crippen LogP contribution in [0.3, 0.4) is 0 Å². The molecule has 1 N–H and O–H groups in total. The van der Waals surface area contributed by atoms with E-state index < -0.39 is 0 Å². The first-order chi connectivity index (χ1) is 8.38. The lowest BCUT2D eigenvalue weighted by Crippen LogP contribution is -2.39. The maximum Gasteiger partial charge on any atom is 0.0110 e. The third kappa shape index (κ3) is 6.68. The van der Waals surface area contributed by atoms with Gasteiger partial charge in [-0.2, -0.15) is 11.8 Å². The van der Waals surface area contributed by atoms with Crippen LogP contribution < -0.4 is 5.32 Å². The van der Waals surface area contributed by atoms with Crippen molar-refractivity contribution in [2.75, 3.05) is 38.2 Å². The lowest BCUT2D eigenvalue weighted by atomic mass is 10.2. The van der Waals surface area contributed by atoms with Crippen LogP contribution in [0, 0.1) is 0 Å². The lowest BCUT2D eigenvalue weighted by molar-refractivity contribution is 0.196. The summed E-state index contributed by atoms with van der Waals surface area (Å²) < 4.78 is 0. The number of unbranched alkanes of at least 4 members (excludes halogenated alkanes) is 1. The Bertz CT molecular complexity index is 170. The van der Waals surface area contributed by atoms with E-state index in [0.717, 1.165) is 12.6 Å². The van der Waals surface area contributed by atoms with Crippen molar-refractivity contribution in [2.24, 2.45) is 0 Å². The fourth-order valence-electron chi connectivity index (χ4n) is 2.63. The molecule has 1 saturated carbocycles. The molecular formula is C14H30N2S. The van der Waals surface area contributed by atoms with Crippen LogP contribution in [0.2, 0.25) is 0 Å². The van der Waals surface area contributed by atoms with E-state index in [1.165, 1.54) is 63.9 Å². The highest BCUT2D eigenvalue weighted by Gasteiger charge is 2.21. The zero-order chi connectivity index (χ0) is 12.3. The molecule has 0 aromatic heterocycles. The smallest absolute Gasteiger partial charge is 0.0110 e. The number of thioether (sulfide) groups is 1. The minimum atomic E-state index is 0.893. The average Bonchev–Trinajstić information content (AvgIpc) is 2.86. The van der Waals surface area contributed by atoms with Crippen molar-refractivity contribution in [3.05, 3.63) is 0 Å². The van der Waals surface area contributed by atoms with E-state index in [4.69, 9.17) is 0 Å². The Morgan fingerprint density at radius 3 is 2.59 bits per heavy atom. The van der Waals surface area contributed by atoms with Crippen molar-refractivity contribution >= 4 is 11.8 Å². The highest BCUT2D eigenvalue weighted by Crippen LogP contribution is 2.23. The third-order valence-electron chi connectivity index (χ3n) is 3.70. The highest BCUT2D eigenvalue weighted by atomic mass is 32.2. The van der Waals surface area contributed by atoms with Gasteiger partial charge in [-0.1, -0.05) is 26.2 Å². The molecule has 1 aliphatic rings. The molecule has 17 heavy (non-hydrogen) atoms. The SMILES string of the molecule is CCCCN(CCNCCSC)C1CCCC1. The maximum atomic E-state index is 3.55. The van der Waals surface area contributed by atoms with Gasteiger partial charge in [0.05, 0.1) is 0 Å². The molecule has 0 saturated heterocycles. The molecule has 3 heteroatoms. The van der Waals surface area contributed by atoms with Gasteiger partial charge in [-0.05, 0) is 32.1 Å². The minimum Gasteiger partial charge on any atom is -0.315 e. The second kappa shape index (κ2) is 10.2. The van der Waals surface area contributed by atoms with Gasteiger partial charge in [-0.3, -0.25) is 4.90 Å². The summed E-state index contributed by atoms with van der Waals surface area (Å²) in [6, 6.07) is 0.893. The molecule has 1 aliphatic carbocycles. The Kier molecular flexibility index (Phi) is 9.21. The van der Waals surface area contributed by atoms with Crippen molar-refractivity contribution in [1.29, 1.82) is 0 Å². The van der Waals surface area contributed by atoms with E-state index in [1.54, 1.807) is 0 Å². The van der Waals surface area contributed by atoms with Crippen LogP contribution in [-0.4, -0.2) is 49.1 Å². The van der Waals surface area contributed by atoms with Crippen LogP contribution in [0.5, 0.6) is 0 Å². The second-order valence-electron chi connectivity index (χ2n) is 5.07. The molecule has 102 valence electrons. The van der Waals surface area contributed by atoms with Gasteiger partial charge in [0.25, 0.3) is 0 Å². The zero-order valence-electron chi connectivity index (χ0n) is 11.7. The lowest BCUT2D eigenvalue weighted by Gasteiger charge is -2.28. The summed E-state index contributed by atoms with van der Waals surface area (Å²) in [6.45, 7) is 7.18. The molecule has 0 radical (unpaired) electrons. The number of hydrogen-bond acceptors (Lipinski definition) is 3. The van der Waals surface area contributed by atoms with Crippen molar-refractivity contribution < 1.29 is 0 Å². The number of hydrogen-bond donors (Lipinski definition) is 1. The standard InChI is InChI=1S/C14H30N2S/c1-3-4-11-16(14-7-5-6-8-14)12-9-15-10-13-17-2/h14-15H,3-13H2,1-2H3. The molecule has 0 unspecified atom stereocenters. The van der Waals surface area contributed by atoms with E-state index in [-0.39, 0.29) is 0 Å². The quantitative estimate of drug-likeness (QED) is 0.607. The summed E-state index contributed by atoms with van der Waals surface area (Å²) >= 11 is 1.92. The van der Waals surface area contributed by atoms with Gasteiger partial charge in [0.2, 0.25) is 0 Å². The summed E-state index contributed by atoms with van der Waals surface area (Å²) in [5, 5.41) is 3.55. The molecule has 0 heterocycles.